The molecule has 0 atom stereocenters. The van der Waals surface area contributed by atoms with Crippen LogP contribution < -0.4 is 5.32 Å². The number of thiazole rings is 1. The number of hydrogen-bond acceptors (Lipinski definition) is 3. The summed E-state index contributed by atoms with van der Waals surface area (Å²) in [6, 6.07) is 0. The number of rotatable bonds is 5. The van der Waals surface area contributed by atoms with Crippen LogP contribution in [0.4, 0.5) is 0 Å². The van der Waals surface area contributed by atoms with Gasteiger partial charge in [0.25, 0.3) is 0 Å². The zero-order valence-electron chi connectivity index (χ0n) is 8.91. The molecule has 0 bridgehead atoms. The smallest absolute Gasteiger partial charge is 0.193 e. The molecule has 2 rings (SSSR count). The Balaban J connectivity index is 2.02. The highest BCUT2D eigenvalue weighted by molar-refractivity contribution is 7.15. The summed E-state index contributed by atoms with van der Waals surface area (Å²) in [6.07, 6.45) is 4.01. The van der Waals surface area contributed by atoms with Crippen LogP contribution in [0.25, 0.3) is 4.96 Å². The van der Waals surface area contributed by atoms with Crippen LogP contribution in [0.5, 0.6) is 0 Å². The van der Waals surface area contributed by atoms with Crippen LogP contribution in [0.1, 0.15) is 12.6 Å². The Morgan fingerprint density at radius 3 is 2.88 bits per heavy atom. The van der Waals surface area contributed by atoms with Crippen LogP contribution >= 0.6 is 34.5 Å². The van der Waals surface area contributed by atoms with Gasteiger partial charge in [-0.3, -0.25) is 4.40 Å². The van der Waals surface area contributed by atoms with Crippen LogP contribution in [-0.4, -0.2) is 26.7 Å². The van der Waals surface area contributed by atoms with Crippen molar-refractivity contribution in [2.24, 2.45) is 0 Å². The Bertz CT molecular complexity index is 433. The monoisotopic (exact) mass is 277 g/mol. The zero-order valence-corrected chi connectivity index (χ0v) is 11.2. The number of hydrogen-bond donors (Lipinski definition) is 1. The predicted octanol–water partition coefficient (Wildman–Crippen LogP) is 2.72. The molecule has 2 heterocycles. The van der Waals surface area contributed by atoms with Gasteiger partial charge in [-0.1, -0.05) is 0 Å². The highest BCUT2D eigenvalue weighted by Crippen LogP contribution is 2.13. The molecule has 0 unspecified atom stereocenters. The summed E-state index contributed by atoms with van der Waals surface area (Å²) < 4.78 is 2.01. The molecule has 6 heteroatoms. The van der Waals surface area contributed by atoms with Gasteiger partial charge in [0.15, 0.2) is 4.96 Å². The van der Waals surface area contributed by atoms with Gasteiger partial charge >= 0.3 is 0 Å². The molecular formula is C10H13Cl2N3S. The Hall–Kier alpha value is -0.290. The summed E-state index contributed by atoms with van der Waals surface area (Å²) in [5, 5.41) is 5.34. The Labute approximate surface area is 108 Å². The third-order valence-corrected chi connectivity index (χ3v) is 4.38. The summed E-state index contributed by atoms with van der Waals surface area (Å²) in [5.41, 5.74) is 0.772. The molecule has 88 valence electrons. The molecule has 3 nitrogen and oxygen atoms in total. The SMILES string of the molecule is CC(CCl)(CCl)NCc1cn2ccsc2n1. The van der Waals surface area contributed by atoms with Gasteiger partial charge in [-0.15, -0.1) is 34.5 Å². The molecule has 1 N–H and O–H groups in total. The van der Waals surface area contributed by atoms with Gasteiger partial charge in [0.05, 0.1) is 5.69 Å². The maximum Gasteiger partial charge on any atom is 0.193 e. The topological polar surface area (TPSA) is 29.3 Å². The van der Waals surface area contributed by atoms with E-state index in [4.69, 9.17) is 23.2 Å². The van der Waals surface area contributed by atoms with Gasteiger partial charge in [0.2, 0.25) is 0 Å². The molecule has 0 aromatic carbocycles. The Morgan fingerprint density at radius 1 is 1.50 bits per heavy atom. The first-order valence-corrected chi connectivity index (χ1v) is 6.90. The van der Waals surface area contributed by atoms with E-state index in [1.165, 1.54) is 0 Å². The number of imidazole rings is 1. The van der Waals surface area contributed by atoms with Crippen molar-refractivity contribution in [1.82, 2.24) is 14.7 Å². The van der Waals surface area contributed by atoms with Crippen molar-refractivity contribution in [2.75, 3.05) is 11.8 Å². The van der Waals surface area contributed by atoms with Crippen LogP contribution in [0, 0.1) is 0 Å². The number of aromatic nitrogens is 2. The third kappa shape index (κ3) is 2.51. The normalized spacial score (nSPS) is 12.4. The highest BCUT2D eigenvalue weighted by Gasteiger charge is 2.21. The molecular weight excluding hydrogens is 265 g/mol. The van der Waals surface area contributed by atoms with Gasteiger partial charge in [-0.25, -0.2) is 4.98 Å². The van der Waals surface area contributed by atoms with Crippen LogP contribution in [-0.2, 0) is 6.54 Å². The number of halogens is 2. The van der Waals surface area contributed by atoms with E-state index in [0.717, 1.165) is 10.7 Å². The van der Waals surface area contributed by atoms with Gasteiger partial charge in [-0.05, 0) is 6.92 Å². The summed E-state index contributed by atoms with van der Waals surface area (Å²) in [4.78, 5) is 5.49. The molecule has 0 spiro atoms. The molecule has 0 aliphatic rings. The van der Waals surface area contributed by atoms with E-state index in [1.807, 2.05) is 29.1 Å². The van der Waals surface area contributed by atoms with E-state index in [-0.39, 0.29) is 5.54 Å². The van der Waals surface area contributed by atoms with Crippen molar-refractivity contribution < 1.29 is 0 Å². The first-order valence-electron chi connectivity index (χ1n) is 4.95. The Kier molecular flexibility index (Phi) is 3.74. The van der Waals surface area contributed by atoms with E-state index >= 15 is 0 Å². The van der Waals surface area contributed by atoms with Crippen molar-refractivity contribution >= 4 is 39.5 Å². The van der Waals surface area contributed by atoms with Crippen LogP contribution in [0.15, 0.2) is 17.8 Å². The number of nitrogens with zero attached hydrogens (tertiary/aromatic N) is 2. The van der Waals surface area contributed by atoms with Crippen molar-refractivity contribution in [1.29, 1.82) is 0 Å². The maximum absolute atomic E-state index is 5.86. The molecule has 0 radical (unpaired) electrons. The molecule has 0 saturated carbocycles. The molecule has 16 heavy (non-hydrogen) atoms. The first kappa shape index (κ1) is 12.2. The maximum atomic E-state index is 5.86. The van der Waals surface area contributed by atoms with Crippen molar-refractivity contribution in [3.63, 3.8) is 0 Å². The fraction of sp³-hybridized carbons (Fsp3) is 0.500. The van der Waals surface area contributed by atoms with Crippen LogP contribution in [0.2, 0.25) is 0 Å². The van der Waals surface area contributed by atoms with Gasteiger partial charge in [0, 0.05) is 41.6 Å². The van der Waals surface area contributed by atoms with Crippen molar-refractivity contribution in [2.45, 2.75) is 19.0 Å². The van der Waals surface area contributed by atoms with Crippen molar-refractivity contribution in [3.8, 4) is 0 Å². The lowest BCUT2D eigenvalue weighted by Gasteiger charge is -2.25. The van der Waals surface area contributed by atoms with Crippen LogP contribution in [0.3, 0.4) is 0 Å². The fourth-order valence-corrected chi connectivity index (χ4v) is 2.49. The van der Waals surface area contributed by atoms with E-state index in [2.05, 4.69) is 10.3 Å². The molecule has 2 aromatic heterocycles. The zero-order chi connectivity index (χ0) is 11.6. The van der Waals surface area contributed by atoms with E-state index in [1.54, 1.807) is 11.3 Å². The van der Waals surface area contributed by atoms with Gasteiger partial charge in [-0.2, -0.15) is 0 Å². The average molecular weight is 278 g/mol. The van der Waals surface area contributed by atoms with E-state index < -0.39 is 0 Å². The largest absolute Gasteiger partial charge is 0.304 e. The van der Waals surface area contributed by atoms with Gasteiger partial charge < -0.3 is 5.32 Å². The van der Waals surface area contributed by atoms with Gasteiger partial charge in [0.1, 0.15) is 0 Å². The molecule has 0 fully saturated rings. The predicted molar refractivity (Wildman–Crippen MR) is 69.8 cm³/mol. The Morgan fingerprint density at radius 2 is 2.25 bits per heavy atom. The number of alkyl halides is 2. The minimum Gasteiger partial charge on any atom is -0.304 e. The second-order valence-electron chi connectivity index (χ2n) is 4.01. The fourth-order valence-electron chi connectivity index (χ4n) is 1.30. The lowest BCUT2D eigenvalue weighted by atomic mass is 10.1. The quantitative estimate of drug-likeness (QED) is 0.852. The summed E-state index contributed by atoms with van der Waals surface area (Å²) in [6.45, 7) is 2.69. The lowest BCUT2D eigenvalue weighted by molar-refractivity contribution is 0.432. The number of fused-ring (bicyclic) bond motifs is 1. The standard InChI is InChI=1S/C10H13Cl2N3S/c1-10(6-11,7-12)13-4-8-5-15-2-3-16-9(15)14-8/h2-3,5,13H,4,6-7H2,1H3. The number of nitrogens with one attached hydrogen (secondary N) is 1. The molecule has 0 amide bonds. The minimum atomic E-state index is -0.236. The highest BCUT2D eigenvalue weighted by atomic mass is 35.5. The summed E-state index contributed by atoms with van der Waals surface area (Å²) in [5.74, 6) is 0.970. The molecule has 0 aliphatic carbocycles. The lowest BCUT2D eigenvalue weighted by Crippen LogP contribution is -2.45. The summed E-state index contributed by atoms with van der Waals surface area (Å²) >= 11 is 13.3. The third-order valence-electron chi connectivity index (χ3n) is 2.43. The van der Waals surface area contributed by atoms with E-state index in [9.17, 15) is 0 Å². The second-order valence-corrected chi connectivity index (χ2v) is 5.41. The molecule has 0 aliphatic heterocycles. The summed E-state index contributed by atoms with van der Waals surface area (Å²) in [7, 11) is 0. The molecule has 2 aromatic rings. The second kappa shape index (κ2) is 4.92. The minimum absolute atomic E-state index is 0.236. The first-order chi connectivity index (χ1) is 7.67. The molecule has 0 saturated heterocycles. The van der Waals surface area contributed by atoms with E-state index in [0.29, 0.717) is 18.3 Å². The van der Waals surface area contributed by atoms with Crippen molar-refractivity contribution in [3.05, 3.63) is 23.5 Å². The average Bonchev–Trinajstić information content (AvgIpc) is 2.86.